The number of aromatic amines is 1. The molecule has 3 heterocycles. The van der Waals surface area contributed by atoms with Crippen molar-refractivity contribution in [3.05, 3.63) is 94.6 Å². The maximum absolute atomic E-state index is 13.7. The number of rotatable bonds is 3. The third-order valence-corrected chi connectivity index (χ3v) is 7.18. The number of fused-ring (bicyclic) bond motifs is 4. The number of carbonyl (C=O) groups excluding carboxylic acids is 1. The fourth-order valence-electron chi connectivity index (χ4n) is 5.06. The van der Waals surface area contributed by atoms with Gasteiger partial charge in [-0.05, 0) is 59.7 Å². The van der Waals surface area contributed by atoms with Gasteiger partial charge in [-0.15, -0.1) is 0 Å². The Morgan fingerprint density at radius 1 is 1.06 bits per heavy atom. The molecule has 1 N–H and O–H groups in total. The van der Waals surface area contributed by atoms with Crippen LogP contribution >= 0.6 is 23.8 Å². The largest absolute Gasteiger partial charge is 0.497 e. The number of thiocarbonyl (C=S) groups is 1. The average molecular weight is 474 g/mol. The van der Waals surface area contributed by atoms with Gasteiger partial charge < -0.3 is 14.6 Å². The number of para-hydroxylation sites is 1. The molecule has 0 spiro atoms. The van der Waals surface area contributed by atoms with Crippen LogP contribution in [0.3, 0.4) is 0 Å². The number of benzene rings is 3. The number of ether oxygens (including phenoxy) is 1. The SMILES string of the molecule is COc1ccc(C2c3[nH]c4ccccc4c3CC3C(=O)N(c4cccc(Cl)c4)C(=S)N32)cc1. The Labute approximate surface area is 201 Å². The Kier molecular flexibility index (Phi) is 4.67. The molecule has 3 aromatic carbocycles. The van der Waals surface area contributed by atoms with Crippen LogP contribution in [-0.4, -0.2) is 34.1 Å². The van der Waals surface area contributed by atoms with E-state index in [9.17, 15) is 4.79 Å². The summed E-state index contributed by atoms with van der Waals surface area (Å²) in [4.78, 5) is 21.0. The second kappa shape index (κ2) is 7.61. The number of anilines is 1. The lowest BCUT2D eigenvalue weighted by molar-refractivity contribution is -0.120. The molecule has 1 saturated heterocycles. The summed E-state index contributed by atoms with van der Waals surface area (Å²) in [6.07, 6.45) is 0.585. The molecule has 33 heavy (non-hydrogen) atoms. The maximum atomic E-state index is 13.7. The Morgan fingerprint density at radius 2 is 1.85 bits per heavy atom. The molecule has 5 nitrogen and oxygen atoms in total. The monoisotopic (exact) mass is 473 g/mol. The fraction of sp³-hybridized carbons (Fsp3) is 0.154. The van der Waals surface area contributed by atoms with E-state index in [1.807, 2.05) is 48.5 Å². The standard InChI is InChI=1S/C26H20ClN3O2S/c1-32-18-11-9-15(10-12-18)24-23-20(19-7-2-3-8-21(19)28-23)14-22-25(31)29(26(33)30(22)24)17-6-4-5-16(27)13-17/h2-13,22,24,28H,14H2,1H3. The summed E-state index contributed by atoms with van der Waals surface area (Å²) >= 11 is 12.2. The number of methoxy groups -OCH3 is 1. The minimum absolute atomic E-state index is 0.0308. The number of carbonyl (C=O) groups is 1. The number of amides is 1. The topological polar surface area (TPSA) is 48.6 Å². The zero-order chi connectivity index (χ0) is 22.7. The van der Waals surface area contributed by atoms with Crippen molar-refractivity contribution >= 4 is 51.4 Å². The summed E-state index contributed by atoms with van der Waals surface area (Å²) < 4.78 is 5.36. The van der Waals surface area contributed by atoms with E-state index in [4.69, 9.17) is 28.6 Å². The first-order valence-corrected chi connectivity index (χ1v) is 11.5. The van der Waals surface area contributed by atoms with E-state index in [1.165, 1.54) is 0 Å². The summed E-state index contributed by atoms with van der Waals surface area (Å²) in [5.41, 5.74) is 5.02. The zero-order valence-electron chi connectivity index (χ0n) is 17.8. The fourth-order valence-corrected chi connectivity index (χ4v) is 5.67. The van der Waals surface area contributed by atoms with Gasteiger partial charge >= 0.3 is 0 Å². The van der Waals surface area contributed by atoms with Crippen molar-refractivity contribution in [2.24, 2.45) is 0 Å². The van der Waals surface area contributed by atoms with Crippen LogP contribution in [-0.2, 0) is 11.2 Å². The Balaban J connectivity index is 1.53. The van der Waals surface area contributed by atoms with Crippen LogP contribution in [0.5, 0.6) is 5.75 Å². The highest BCUT2D eigenvalue weighted by Gasteiger charge is 2.51. The van der Waals surface area contributed by atoms with Crippen LogP contribution in [0, 0.1) is 0 Å². The summed E-state index contributed by atoms with van der Waals surface area (Å²) in [6, 6.07) is 22.8. The minimum Gasteiger partial charge on any atom is -0.497 e. The normalized spacial score (nSPS) is 19.7. The van der Waals surface area contributed by atoms with Gasteiger partial charge in [-0.2, -0.15) is 0 Å². The lowest BCUT2D eigenvalue weighted by Gasteiger charge is -2.37. The van der Waals surface area contributed by atoms with Crippen LogP contribution in [0.2, 0.25) is 5.02 Å². The molecule has 2 aliphatic rings. The number of nitrogens with zero attached hydrogens (tertiary/aromatic N) is 2. The van der Waals surface area contributed by atoms with E-state index in [1.54, 1.807) is 24.1 Å². The van der Waals surface area contributed by atoms with Gasteiger partial charge in [0.25, 0.3) is 5.91 Å². The van der Waals surface area contributed by atoms with E-state index < -0.39 is 6.04 Å². The highest BCUT2D eigenvalue weighted by molar-refractivity contribution is 7.80. The number of aromatic nitrogens is 1. The maximum Gasteiger partial charge on any atom is 0.256 e. The third-order valence-electron chi connectivity index (χ3n) is 6.55. The molecule has 1 fully saturated rings. The van der Waals surface area contributed by atoms with Crippen molar-refractivity contribution in [2.75, 3.05) is 12.0 Å². The van der Waals surface area contributed by atoms with Crippen molar-refractivity contribution in [3.8, 4) is 5.75 Å². The van der Waals surface area contributed by atoms with Crippen LogP contribution in [0.25, 0.3) is 10.9 Å². The smallest absolute Gasteiger partial charge is 0.256 e. The van der Waals surface area contributed by atoms with Crippen LogP contribution < -0.4 is 9.64 Å². The lowest BCUT2D eigenvalue weighted by atomic mass is 9.89. The minimum atomic E-state index is -0.393. The van der Waals surface area contributed by atoms with Gasteiger partial charge in [0.15, 0.2) is 5.11 Å². The number of H-pyrrole nitrogens is 1. The number of nitrogens with one attached hydrogen (secondary N) is 1. The van der Waals surface area contributed by atoms with E-state index in [0.717, 1.165) is 33.5 Å². The Morgan fingerprint density at radius 3 is 2.61 bits per heavy atom. The highest BCUT2D eigenvalue weighted by atomic mass is 35.5. The molecule has 164 valence electrons. The zero-order valence-corrected chi connectivity index (χ0v) is 19.4. The van der Waals surface area contributed by atoms with Crippen LogP contribution in [0.4, 0.5) is 5.69 Å². The number of halogens is 1. The molecule has 0 radical (unpaired) electrons. The molecule has 7 heteroatoms. The molecule has 2 aliphatic heterocycles. The molecular formula is C26H20ClN3O2S. The number of hydrogen-bond donors (Lipinski definition) is 1. The van der Waals surface area contributed by atoms with Gasteiger partial charge in [-0.1, -0.05) is 48.0 Å². The summed E-state index contributed by atoms with van der Waals surface area (Å²) in [6.45, 7) is 0. The van der Waals surface area contributed by atoms with Crippen molar-refractivity contribution < 1.29 is 9.53 Å². The lowest BCUT2D eigenvalue weighted by Crippen LogP contribution is -2.44. The van der Waals surface area contributed by atoms with Crippen molar-refractivity contribution in [1.29, 1.82) is 0 Å². The number of hydrogen-bond acceptors (Lipinski definition) is 3. The Bertz CT molecular complexity index is 1410. The van der Waals surface area contributed by atoms with Crippen LogP contribution in [0.15, 0.2) is 72.8 Å². The average Bonchev–Trinajstić information content (AvgIpc) is 3.32. The molecule has 6 rings (SSSR count). The van der Waals surface area contributed by atoms with E-state index in [2.05, 4.69) is 22.0 Å². The summed E-state index contributed by atoms with van der Waals surface area (Å²) in [7, 11) is 1.65. The van der Waals surface area contributed by atoms with Gasteiger partial charge in [-0.3, -0.25) is 9.69 Å². The van der Waals surface area contributed by atoms with Crippen LogP contribution in [0.1, 0.15) is 22.9 Å². The predicted molar refractivity (Wildman–Crippen MR) is 134 cm³/mol. The molecular weight excluding hydrogens is 454 g/mol. The molecule has 2 atom stereocenters. The van der Waals surface area contributed by atoms with E-state index >= 15 is 0 Å². The molecule has 1 aromatic heterocycles. The second-order valence-corrected chi connectivity index (χ2v) is 9.10. The first-order valence-electron chi connectivity index (χ1n) is 10.7. The second-order valence-electron chi connectivity index (χ2n) is 8.30. The van der Waals surface area contributed by atoms with Crippen molar-refractivity contribution in [1.82, 2.24) is 9.88 Å². The predicted octanol–water partition coefficient (Wildman–Crippen LogP) is 5.48. The van der Waals surface area contributed by atoms with E-state index in [0.29, 0.717) is 22.2 Å². The summed E-state index contributed by atoms with van der Waals surface area (Å²) in [5.74, 6) is 0.750. The molecule has 2 unspecified atom stereocenters. The summed E-state index contributed by atoms with van der Waals surface area (Å²) in [5, 5.41) is 2.19. The highest BCUT2D eigenvalue weighted by Crippen LogP contribution is 2.45. The first kappa shape index (κ1) is 20.3. The molecule has 1 amide bonds. The quantitative estimate of drug-likeness (QED) is 0.400. The Hall–Kier alpha value is -3.35. The van der Waals surface area contributed by atoms with Crippen molar-refractivity contribution in [2.45, 2.75) is 18.5 Å². The molecule has 4 aromatic rings. The van der Waals surface area contributed by atoms with Gasteiger partial charge in [0, 0.05) is 28.0 Å². The first-order chi connectivity index (χ1) is 16.1. The van der Waals surface area contributed by atoms with Gasteiger partial charge in [0.1, 0.15) is 11.8 Å². The third kappa shape index (κ3) is 3.05. The van der Waals surface area contributed by atoms with Gasteiger partial charge in [-0.25, -0.2) is 0 Å². The van der Waals surface area contributed by atoms with Crippen molar-refractivity contribution in [3.63, 3.8) is 0 Å². The molecule has 0 saturated carbocycles. The van der Waals surface area contributed by atoms with Gasteiger partial charge in [0.2, 0.25) is 0 Å². The van der Waals surface area contributed by atoms with E-state index in [-0.39, 0.29) is 11.9 Å². The van der Waals surface area contributed by atoms with Gasteiger partial charge in [0.05, 0.1) is 18.8 Å². The molecule has 0 bridgehead atoms. The molecule has 0 aliphatic carbocycles.